The van der Waals surface area contributed by atoms with Gasteiger partial charge in [-0.2, -0.15) is 18.4 Å². The molecular formula is C20H14F3N5O. The smallest absolute Gasteiger partial charge is 0.348 e. The van der Waals surface area contributed by atoms with Gasteiger partial charge in [-0.05, 0) is 29.8 Å². The summed E-state index contributed by atoms with van der Waals surface area (Å²) in [4.78, 5) is 19.6. The molecular weight excluding hydrogens is 383 g/mol. The van der Waals surface area contributed by atoms with Crippen LogP contribution in [0.3, 0.4) is 0 Å². The molecule has 2 aromatic carbocycles. The van der Waals surface area contributed by atoms with Crippen LogP contribution in [0.2, 0.25) is 0 Å². The lowest BCUT2D eigenvalue weighted by Gasteiger charge is -2.13. The largest absolute Gasteiger partial charge is 0.434 e. The lowest BCUT2D eigenvalue weighted by Crippen LogP contribution is -2.27. The van der Waals surface area contributed by atoms with Crippen molar-refractivity contribution in [1.29, 1.82) is 5.26 Å². The number of hydrogen-bond donors (Lipinski definition) is 2. The number of nitriles is 1. The van der Waals surface area contributed by atoms with Gasteiger partial charge in [0.25, 0.3) is 5.91 Å². The van der Waals surface area contributed by atoms with Gasteiger partial charge in [-0.25, -0.2) is 9.97 Å². The number of aromatic nitrogens is 2. The number of halogens is 3. The van der Waals surface area contributed by atoms with Crippen LogP contribution in [0.15, 0.2) is 60.8 Å². The highest BCUT2D eigenvalue weighted by molar-refractivity contribution is 5.95. The topological polar surface area (TPSA) is 90.7 Å². The fraction of sp³-hybridized carbons (Fsp3) is 0.100. The lowest BCUT2D eigenvalue weighted by molar-refractivity contribution is -0.141. The van der Waals surface area contributed by atoms with Gasteiger partial charge in [-0.15, -0.1) is 0 Å². The van der Waals surface area contributed by atoms with E-state index in [1.54, 1.807) is 30.3 Å². The van der Waals surface area contributed by atoms with Crippen LogP contribution in [-0.4, -0.2) is 15.9 Å². The minimum absolute atomic E-state index is 0.0716. The van der Waals surface area contributed by atoms with Crippen LogP contribution in [0.4, 0.5) is 24.8 Å². The molecule has 2 N–H and O–H groups in total. The zero-order chi connectivity index (χ0) is 20.9. The summed E-state index contributed by atoms with van der Waals surface area (Å²) in [5.41, 5.74) is -0.460. The molecule has 3 aromatic rings. The Hall–Kier alpha value is -3.93. The second kappa shape index (κ2) is 8.39. The molecule has 0 unspecified atom stereocenters. The highest BCUT2D eigenvalue weighted by Crippen LogP contribution is 2.31. The van der Waals surface area contributed by atoms with Crippen molar-refractivity contribution in [2.24, 2.45) is 0 Å². The molecule has 9 heteroatoms. The minimum atomic E-state index is -4.84. The van der Waals surface area contributed by atoms with Crippen LogP contribution in [0, 0.1) is 11.3 Å². The molecule has 0 spiro atoms. The Labute approximate surface area is 164 Å². The zero-order valence-corrected chi connectivity index (χ0v) is 14.9. The van der Waals surface area contributed by atoms with Crippen molar-refractivity contribution in [3.05, 3.63) is 83.2 Å². The van der Waals surface area contributed by atoms with E-state index in [9.17, 15) is 18.0 Å². The standard InChI is InChI=1S/C20H14F3N5O/c21-20(22,23)17-16(18(29)25-11-14-4-2-1-3-5-14)12-26-19(28-17)27-15-8-6-13(10-24)7-9-15/h1-9,12H,11H2,(H,25,29)(H,26,27,28). The van der Waals surface area contributed by atoms with Gasteiger partial charge in [-0.3, -0.25) is 4.79 Å². The summed E-state index contributed by atoms with van der Waals surface area (Å²) >= 11 is 0. The molecule has 0 bridgehead atoms. The maximum atomic E-state index is 13.5. The molecule has 0 radical (unpaired) electrons. The maximum Gasteiger partial charge on any atom is 0.434 e. The van der Waals surface area contributed by atoms with E-state index in [1.807, 2.05) is 6.07 Å². The van der Waals surface area contributed by atoms with Crippen molar-refractivity contribution in [3.8, 4) is 6.07 Å². The molecule has 1 heterocycles. The first-order chi connectivity index (χ1) is 13.9. The van der Waals surface area contributed by atoms with Crippen LogP contribution in [0.5, 0.6) is 0 Å². The molecule has 0 aliphatic heterocycles. The summed E-state index contributed by atoms with van der Waals surface area (Å²) in [6.45, 7) is 0.0716. The van der Waals surface area contributed by atoms with Crippen LogP contribution < -0.4 is 10.6 Å². The molecule has 1 amide bonds. The third kappa shape index (κ3) is 5.07. The number of benzene rings is 2. The van der Waals surface area contributed by atoms with E-state index in [0.717, 1.165) is 11.8 Å². The van der Waals surface area contributed by atoms with E-state index in [0.29, 0.717) is 11.3 Å². The average molecular weight is 397 g/mol. The highest BCUT2D eigenvalue weighted by Gasteiger charge is 2.38. The van der Waals surface area contributed by atoms with Gasteiger partial charge in [0, 0.05) is 18.4 Å². The summed E-state index contributed by atoms with van der Waals surface area (Å²) in [6.07, 6.45) is -4.01. The Balaban J connectivity index is 1.82. The van der Waals surface area contributed by atoms with E-state index in [1.165, 1.54) is 24.3 Å². The molecule has 1 aromatic heterocycles. The van der Waals surface area contributed by atoms with Gasteiger partial charge in [0.15, 0.2) is 5.69 Å². The number of rotatable bonds is 5. The highest BCUT2D eigenvalue weighted by atomic mass is 19.4. The number of carbonyl (C=O) groups excluding carboxylic acids is 1. The third-order valence-electron chi connectivity index (χ3n) is 3.87. The monoisotopic (exact) mass is 397 g/mol. The first kappa shape index (κ1) is 19.8. The minimum Gasteiger partial charge on any atom is -0.348 e. The summed E-state index contributed by atoms with van der Waals surface area (Å²) in [7, 11) is 0. The van der Waals surface area contributed by atoms with Gasteiger partial charge in [0.2, 0.25) is 5.95 Å². The number of nitrogens with zero attached hydrogens (tertiary/aromatic N) is 3. The molecule has 3 rings (SSSR count). The molecule has 0 aliphatic rings. The fourth-order valence-electron chi connectivity index (χ4n) is 2.45. The number of alkyl halides is 3. The molecule has 0 aliphatic carbocycles. The third-order valence-corrected chi connectivity index (χ3v) is 3.87. The van der Waals surface area contributed by atoms with Crippen molar-refractivity contribution in [1.82, 2.24) is 15.3 Å². The van der Waals surface area contributed by atoms with E-state index in [4.69, 9.17) is 5.26 Å². The van der Waals surface area contributed by atoms with E-state index < -0.39 is 23.3 Å². The van der Waals surface area contributed by atoms with E-state index in [-0.39, 0.29) is 12.5 Å². The molecule has 0 fully saturated rings. The molecule has 6 nitrogen and oxygen atoms in total. The average Bonchev–Trinajstić information content (AvgIpc) is 2.72. The van der Waals surface area contributed by atoms with Crippen LogP contribution in [0.1, 0.15) is 27.2 Å². The summed E-state index contributed by atoms with van der Waals surface area (Å²) in [6, 6.07) is 16.7. The quantitative estimate of drug-likeness (QED) is 0.678. The Kier molecular flexibility index (Phi) is 5.74. The van der Waals surface area contributed by atoms with Crippen LogP contribution in [0.25, 0.3) is 0 Å². The molecule has 0 saturated carbocycles. The summed E-state index contributed by atoms with van der Waals surface area (Å²) < 4.78 is 40.4. The van der Waals surface area contributed by atoms with Gasteiger partial charge in [0.1, 0.15) is 0 Å². The molecule has 146 valence electrons. The van der Waals surface area contributed by atoms with Crippen molar-refractivity contribution in [2.75, 3.05) is 5.32 Å². The molecule has 0 atom stereocenters. The Bertz CT molecular complexity index is 1040. The van der Waals surface area contributed by atoms with Crippen molar-refractivity contribution < 1.29 is 18.0 Å². The Morgan fingerprint density at radius 1 is 1.07 bits per heavy atom. The van der Waals surface area contributed by atoms with Gasteiger partial charge in [-0.1, -0.05) is 30.3 Å². The van der Waals surface area contributed by atoms with Crippen molar-refractivity contribution in [3.63, 3.8) is 0 Å². The number of hydrogen-bond acceptors (Lipinski definition) is 5. The summed E-state index contributed by atoms with van der Waals surface area (Å²) in [5.74, 6) is -1.24. The SMILES string of the molecule is N#Cc1ccc(Nc2ncc(C(=O)NCc3ccccc3)c(C(F)(F)F)n2)cc1. The van der Waals surface area contributed by atoms with Crippen LogP contribution in [-0.2, 0) is 12.7 Å². The van der Waals surface area contributed by atoms with Gasteiger partial charge in [0.05, 0.1) is 17.2 Å². The normalized spacial score (nSPS) is 10.8. The van der Waals surface area contributed by atoms with Crippen molar-refractivity contribution in [2.45, 2.75) is 12.7 Å². The first-order valence-corrected chi connectivity index (χ1v) is 8.40. The van der Waals surface area contributed by atoms with Gasteiger partial charge >= 0.3 is 6.18 Å². The number of anilines is 2. The molecule has 29 heavy (non-hydrogen) atoms. The predicted octanol–water partition coefficient (Wildman–Crippen LogP) is 4.04. The summed E-state index contributed by atoms with van der Waals surface area (Å²) in [5, 5.41) is 13.9. The second-order valence-corrected chi connectivity index (χ2v) is 5.94. The van der Waals surface area contributed by atoms with Crippen molar-refractivity contribution >= 4 is 17.5 Å². The number of nitrogens with one attached hydrogen (secondary N) is 2. The fourth-order valence-corrected chi connectivity index (χ4v) is 2.45. The maximum absolute atomic E-state index is 13.5. The van der Waals surface area contributed by atoms with Crippen LogP contribution >= 0.6 is 0 Å². The van der Waals surface area contributed by atoms with E-state index >= 15 is 0 Å². The lowest BCUT2D eigenvalue weighted by atomic mass is 10.2. The second-order valence-electron chi connectivity index (χ2n) is 5.94. The van der Waals surface area contributed by atoms with Gasteiger partial charge < -0.3 is 10.6 Å². The zero-order valence-electron chi connectivity index (χ0n) is 14.9. The van der Waals surface area contributed by atoms with E-state index in [2.05, 4.69) is 20.6 Å². The number of carbonyl (C=O) groups is 1. The predicted molar refractivity (Wildman–Crippen MR) is 99.1 cm³/mol. The molecule has 0 saturated heterocycles. The Morgan fingerprint density at radius 2 is 1.76 bits per heavy atom. The first-order valence-electron chi connectivity index (χ1n) is 8.40. The number of amides is 1. The Morgan fingerprint density at radius 3 is 2.38 bits per heavy atom.